The molecule has 7 nitrogen and oxygen atoms in total. The summed E-state index contributed by atoms with van der Waals surface area (Å²) in [5.74, 6) is -0.472. The maximum absolute atomic E-state index is 11.8. The Balaban J connectivity index is 2.30. The summed E-state index contributed by atoms with van der Waals surface area (Å²) in [6.45, 7) is -0.413. The molecule has 0 radical (unpaired) electrons. The molecule has 0 atom stereocenters. The summed E-state index contributed by atoms with van der Waals surface area (Å²) < 4.78 is 0. The third-order valence-corrected chi connectivity index (χ3v) is 2.43. The minimum atomic E-state index is -0.472. The third-order valence-electron chi connectivity index (χ3n) is 2.43. The Bertz CT molecular complexity index is 553. The van der Waals surface area contributed by atoms with Crippen molar-refractivity contribution in [1.82, 2.24) is 20.3 Å². The summed E-state index contributed by atoms with van der Waals surface area (Å²) in [4.78, 5) is 13.1. The molecule has 1 amide bonds. The first kappa shape index (κ1) is 13.2. The van der Waals surface area contributed by atoms with Gasteiger partial charge in [0.05, 0.1) is 18.9 Å². The van der Waals surface area contributed by atoms with Crippen LogP contribution >= 0.6 is 0 Å². The smallest absolute Gasteiger partial charge is 0.273 e. The summed E-state index contributed by atoms with van der Waals surface area (Å²) in [5, 5.41) is 28.5. The fourth-order valence-electron chi connectivity index (χ4n) is 1.55. The number of carbonyl (C=O) groups excluding carboxylic acids is 1. The van der Waals surface area contributed by atoms with Crippen molar-refractivity contribution < 1.29 is 15.0 Å². The van der Waals surface area contributed by atoms with Crippen molar-refractivity contribution in [3.05, 3.63) is 41.7 Å². The molecule has 0 bridgehead atoms. The van der Waals surface area contributed by atoms with E-state index in [0.717, 1.165) is 0 Å². The van der Waals surface area contributed by atoms with E-state index in [4.69, 9.17) is 5.11 Å². The van der Waals surface area contributed by atoms with Crippen LogP contribution in [0.1, 0.15) is 16.2 Å². The van der Waals surface area contributed by atoms with Crippen molar-refractivity contribution in [2.24, 2.45) is 0 Å². The van der Waals surface area contributed by atoms with Gasteiger partial charge < -0.3 is 15.5 Å². The molecule has 2 rings (SSSR count). The van der Waals surface area contributed by atoms with Gasteiger partial charge in [-0.2, -0.15) is 4.80 Å². The minimum Gasteiger partial charge on any atom is -0.395 e. The monoisotopic (exact) mass is 262 g/mol. The number of carbonyl (C=O) groups is 1. The molecule has 0 saturated heterocycles. The Hall–Kier alpha value is -2.25. The van der Waals surface area contributed by atoms with Crippen LogP contribution in [0.3, 0.4) is 0 Å². The molecule has 1 aromatic heterocycles. The summed E-state index contributed by atoms with van der Waals surface area (Å²) in [5.41, 5.74) is 0.942. The second-order valence-corrected chi connectivity index (χ2v) is 3.76. The van der Waals surface area contributed by atoms with Crippen LogP contribution in [0.15, 0.2) is 30.3 Å². The third kappa shape index (κ3) is 2.95. The summed E-state index contributed by atoms with van der Waals surface area (Å²) >= 11 is 0. The number of benzene rings is 1. The van der Waals surface area contributed by atoms with Crippen molar-refractivity contribution >= 4 is 5.91 Å². The Morgan fingerprint density at radius 2 is 1.95 bits per heavy atom. The Morgan fingerprint density at radius 1 is 1.21 bits per heavy atom. The zero-order valence-corrected chi connectivity index (χ0v) is 10.2. The van der Waals surface area contributed by atoms with E-state index in [1.54, 1.807) is 12.1 Å². The topological polar surface area (TPSA) is 100 Å². The van der Waals surface area contributed by atoms with E-state index < -0.39 is 5.91 Å². The fourth-order valence-corrected chi connectivity index (χ4v) is 1.55. The number of nitrogens with one attached hydrogen (secondary N) is 1. The number of aromatic nitrogens is 3. The van der Waals surface area contributed by atoms with Gasteiger partial charge in [-0.25, -0.2) is 0 Å². The van der Waals surface area contributed by atoms with Crippen LogP contribution in [0.2, 0.25) is 0 Å². The summed E-state index contributed by atoms with van der Waals surface area (Å²) in [6.07, 6.45) is 0. The van der Waals surface area contributed by atoms with Crippen molar-refractivity contribution in [1.29, 1.82) is 0 Å². The molecular formula is C12H14N4O3. The number of para-hydroxylation sites is 1. The molecule has 1 heterocycles. The standard InChI is InChI=1S/C12H14N4O3/c17-7-6-13-12(19)11-10(8-18)14-16(15-11)9-4-2-1-3-5-9/h1-5,17-18H,6-8H2,(H,13,19). The van der Waals surface area contributed by atoms with Gasteiger partial charge in [-0.05, 0) is 12.1 Å². The molecule has 0 fully saturated rings. The predicted octanol–water partition coefficient (Wildman–Crippen LogP) is -0.518. The summed E-state index contributed by atoms with van der Waals surface area (Å²) in [6, 6.07) is 9.08. The highest BCUT2D eigenvalue weighted by molar-refractivity contribution is 5.93. The summed E-state index contributed by atoms with van der Waals surface area (Å²) in [7, 11) is 0. The largest absolute Gasteiger partial charge is 0.395 e. The minimum absolute atomic E-state index is 0.0554. The van der Waals surface area contributed by atoms with Gasteiger partial charge in [0.25, 0.3) is 5.91 Å². The molecule has 7 heteroatoms. The Kier molecular flexibility index (Phi) is 4.22. The van der Waals surface area contributed by atoms with E-state index in [1.165, 1.54) is 4.80 Å². The van der Waals surface area contributed by atoms with Gasteiger partial charge in [-0.3, -0.25) is 4.79 Å². The normalized spacial score (nSPS) is 10.4. The van der Waals surface area contributed by atoms with Gasteiger partial charge in [-0.15, -0.1) is 10.2 Å². The molecular weight excluding hydrogens is 248 g/mol. The maximum Gasteiger partial charge on any atom is 0.273 e. The molecule has 3 N–H and O–H groups in total. The molecule has 0 aliphatic carbocycles. The van der Waals surface area contributed by atoms with Crippen LogP contribution in [0.25, 0.3) is 5.69 Å². The van der Waals surface area contributed by atoms with E-state index in [1.807, 2.05) is 18.2 Å². The zero-order chi connectivity index (χ0) is 13.7. The van der Waals surface area contributed by atoms with E-state index in [9.17, 15) is 9.90 Å². The lowest BCUT2D eigenvalue weighted by atomic mass is 10.3. The first-order valence-corrected chi connectivity index (χ1v) is 5.78. The van der Waals surface area contributed by atoms with Gasteiger partial charge >= 0.3 is 0 Å². The number of rotatable bonds is 5. The van der Waals surface area contributed by atoms with Crippen LogP contribution in [-0.4, -0.2) is 44.3 Å². The van der Waals surface area contributed by atoms with Crippen LogP contribution in [0.4, 0.5) is 0 Å². The molecule has 0 aliphatic rings. The van der Waals surface area contributed by atoms with Crippen LogP contribution < -0.4 is 5.32 Å². The van der Waals surface area contributed by atoms with E-state index in [-0.39, 0.29) is 31.1 Å². The zero-order valence-electron chi connectivity index (χ0n) is 10.2. The molecule has 0 unspecified atom stereocenters. The number of amides is 1. The highest BCUT2D eigenvalue weighted by Crippen LogP contribution is 2.08. The molecule has 0 saturated carbocycles. The van der Waals surface area contributed by atoms with E-state index >= 15 is 0 Å². The predicted molar refractivity (Wildman–Crippen MR) is 66.7 cm³/mol. The number of aliphatic hydroxyl groups is 2. The Labute approximate surface area is 109 Å². The number of hydrogen-bond acceptors (Lipinski definition) is 5. The maximum atomic E-state index is 11.8. The molecule has 2 aromatic rings. The highest BCUT2D eigenvalue weighted by Gasteiger charge is 2.18. The van der Waals surface area contributed by atoms with Crippen LogP contribution in [0.5, 0.6) is 0 Å². The van der Waals surface area contributed by atoms with Crippen LogP contribution in [0, 0.1) is 0 Å². The van der Waals surface area contributed by atoms with Crippen molar-refractivity contribution in [2.75, 3.05) is 13.2 Å². The first-order valence-electron chi connectivity index (χ1n) is 5.78. The molecule has 0 aliphatic heterocycles. The van der Waals surface area contributed by atoms with E-state index in [0.29, 0.717) is 5.69 Å². The SMILES string of the molecule is O=C(NCCO)c1nn(-c2ccccc2)nc1CO. The fraction of sp³-hybridized carbons (Fsp3) is 0.250. The number of nitrogens with zero attached hydrogens (tertiary/aromatic N) is 3. The van der Waals surface area contributed by atoms with Crippen LogP contribution in [-0.2, 0) is 6.61 Å². The average Bonchev–Trinajstić information content (AvgIpc) is 2.90. The van der Waals surface area contributed by atoms with Crippen molar-refractivity contribution in [2.45, 2.75) is 6.61 Å². The average molecular weight is 262 g/mol. The van der Waals surface area contributed by atoms with Gasteiger partial charge in [0, 0.05) is 6.54 Å². The molecule has 0 spiro atoms. The van der Waals surface area contributed by atoms with Gasteiger partial charge in [0.1, 0.15) is 5.69 Å². The first-order chi connectivity index (χ1) is 9.26. The second kappa shape index (κ2) is 6.07. The Morgan fingerprint density at radius 3 is 2.58 bits per heavy atom. The van der Waals surface area contributed by atoms with Gasteiger partial charge in [0.15, 0.2) is 5.69 Å². The quantitative estimate of drug-likeness (QED) is 0.673. The lowest BCUT2D eigenvalue weighted by Gasteiger charge is -2.00. The lowest BCUT2D eigenvalue weighted by Crippen LogP contribution is -2.27. The lowest BCUT2D eigenvalue weighted by molar-refractivity contribution is 0.0936. The molecule has 1 aromatic carbocycles. The van der Waals surface area contributed by atoms with Crippen molar-refractivity contribution in [3.63, 3.8) is 0 Å². The second-order valence-electron chi connectivity index (χ2n) is 3.76. The molecule has 19 heavy (non-hydrogen) atoms. The van der Waals surface area contributed by atoms with E-state index in [2.05, 4.69) is 15.5 Å². The van der Waals surface area contributed by atoms with Gasteiger partial charge in [0.2, 0.25) is 0 Å². The highest BCUT2D eigenvalue weighted by atomic mass is 16.3. The number of aliphatic hydroxyl groups excluding tert-OH is 2. The van der Waals surface area contributed by atoms with Gasteiger partial charge in [-0.1, -0.05) is 18.2 Å². The van der Waals surface area contributed by atoms with Crippen molar-refractivity contribution in [3.8, 4) is 5.69 Å². The number of hydrogen-bond donors (Lipinski definition) is 3. The molecule has 100 valence electrons.